The number of carboxylic acid groups (broad SMARTS) is 1. The summed E-state index contributed by atoms with van der Waals surface area (Å²) in [6.45, 7) is 0. The van der Waals surface area contributed by atoms with Crippen LogP contribution in [0.3, 0.4) is 0 Å². The van der Waals surface area contributed by atoms with Crippen LogP contribution in [0.4, 0.5) is 0 Å². The zero-order chi connectivity index (χ0) is 13.2. The Morgan fingerprint density at radius 3 is 2.95 bits per heavy atom. The van der Waals surface area contributed by atoms with Crippen LogP contribution in [0.15, 0.2) is 30.5 Å². The first-order chi connectivity index (χ1) is 9.25. The summed E-state index contributed by atoms with van der Waals surface area (Å²) in [4.78, 5) is 14.9. The molecular weight excluding hydrogens is 244 g/mol. The molecule has 1 aromatic carbocycles. The van der Waals surface area contributed by atoms with Crippen LogP contribution in [-0.2, 0) is 11.2 Å². The molecule has 6 heteroatoms. The monoisotopic (exact) mass is 256 g/mol. The average Bonchev–Trinajstić information content (AvgIpc) is 2.82. The second-order valence-corrected chi connectivity index (χ2v) is 4.30. The maximum absolute atomic E-state index is 10.6. The molecule has 2 aromatic heterocycles. The summed E-state index contributed by atoms with van der Waals surface area (Å²) in [5.74, 6) is -0.0183. The Balaban J connectivity index is 2.05. The van der Waals surface area contributed by atoms with Crippen molar-refractivity contribution in [1.29, 1.82) is 0 Å². The van der Waals surface area contributed by atoms with Crippen LogP contribution < -0.4 is 0 Å². The molecule has 1 N–H and O–H groups in total. The van der Waals surface area contributed by atoms with Crippen molar-refractivity contribution in [3.8, 4) is 0 Å². The zero-order valence-electron chi connectivity index (χ0n) is 10.2. The Morgan fingerprint density at radius 2 is 2.11 bits per heavy atom. The second-order valence-electron chi connectivity index (χ2n) is 4.30. The SMILES string of the molecule is O=C(O)CCCc1nnc2cnc3ccccc3n12. The predicted molar refractivity (Wildman–Crippen MR) is 68.9 cm³/mol. The van der Waals surface area contributed by atoms with Crippen molar-refractivity contribution in [2.75, 3.05) is 0 Å². The number of carbonyl (C=O) groups is 1. The minimum absolute atomic E-state index is 0.137. The molecule has 3 rings (SSSR count). The van der Waals surface area contributed by atoms with Gasteiger partial charge in [-0.05, 0) is 18.6 Å². The summed E-state index contributed by atoms with van der Waals surface area (Å²) >= 11 is 0. The van der Waals surface area contributed by atoms with Gasteiger partial charge in [0.2, 0.25) is 0 Å². The molecule has 0 fully saturated rings. The summed E-state index contributed by atoms with van der Waals surface area (Å²) in [5, 5.41) is 16.9. The summed E-state index contributed by atoms with van der Waals surface area (Å²) in [5.41, 5.74) is 2.49. The van der Waals surface area contributed by atoms with E-state index in [0.29, 0.717) is 18.5 Å². The highest BCUT2D eigenvalue weighted by Crippen LogP contribution is 2.15. The van der Waals surface area contributed by atoms with Crippen molar-refractivity contribution in [3.05, 3.63) is 36.3 Å². The lowest BCUT2D eigenvalue weighted by Crippen LogP contribution is -2.00. The topological polar surface area (TPSA) is 80.4 Å². The van der Waals surface area contributed by atoms with E-state index in [0.717, 1.165) is 16.9 Å². The fraction of sp³-hybridized carbons (Fsp3) is 0.231. The third-order valence-corrected chi connectivity index (χ3v) is 2.99. The number of aryl methyl sites for hydroxylation is 1. The molecule has 0 aliphatic heterocycles. The molecule has 0 aliphatic rings. The van der Waals surface area contributed by atoms with Crippen molar-refractivity contribution >= 4 is 22.6 Å². The van der Waals surface area contributed by atoms with Gasteiger partial charge in [-0.25, -0.2) is 0 Å². The van der Waals surface area contributed by atoms with E-state index in [-0.39, 0.29) is 6.42 Å². The largest absolute Gasteiger partial charge is 0.481 e. The first-order valence-corrected chi connectivity index (χ1v) is 6.05. The molecule has 0 atom stereocenters. The number of benzene rings is 1. The molecule has 6 nitrogen and oxygen atoms in total. The van der Waals surface area contributed by atoms with E-state index in [4.69, 9.17) is 5.11 Å². The van der Waals surface area contributed by atoms with Gasteiger partial charge >= 0.3 is 5.97 Å². The zero-order valence-corrected chi connectivity index (χ0v) is 10.2. The maximum Gasteiger partial charge on any atom is 0.303 e. The van der Waals surface area contributed by atoms with Gasteiger partial charge in [0.25, 0.3) is 0 Å². The summed E-state index contributed by atoms with van der Waals surface area (Å²) in [7, 11) is 0. The van der Waals surface area contributed by atoms with Crippen LogP contribution in [-0.4, -0.2) is 30.7 Å². The van der Waals surface area contributed by atoms with Crippen molar-refractivity contribution in [2.45, 2.75) is 19.3 Å². The fourth-order valence-corrected chi connectivity index (χ4v) is 2.13. The van der Waals surface area contributed by atoms with Crippen LogP contribution in [0.25, 0.3) is 16.7 Å². The van der Waals surface area contributed by atoms with Gasteiger partial charge in [0, 0.05) is 12.8 Å². The Morgan fingerprint density at radius 1 is 1.26 bits per heavy atom. The summed E-state index contributed by atoms with van der Waals surface area (Å²) < 4.78 is 1.93. The molecule has 0 aliphatic carbocycles. The van der Waals surface area contributed by atoms with E-state index in [1.807, 2.05) is 28.7 Å². The molecule has 3 aromatic rings. The number of aromatic nitrogens is 4. The molecule has 2 heterocycles. The molecule has 0 saturated heterocycles. The van der Waals surface area contributed by atoms with Crippen LogP contribution >= 0.6 is 0 Å². The first kappa shape index (κ1) is 11.6. The van der Waals surface area contributed by atoms with Gasteiger partial charge in [-0.3, -0.25) is 14.2 Å². The number of fused-ring (bicyclic) bond motifs is 3. The van der Waals surface area contributed by atoms with E-state index < -0.39 is 5.97 Å². The molecule has 0 unspecified atom stereocenters. The smallest absolute Gasteiger partial charge is 0.303 e. The van der Waals surface area contributed by atoms with Gasteiger partial charge in [-0.2, -0.15) is 0 Å². The normalized spacial score (nSPS) is 11.2. The van der Waals surface area contributed by atoms with E-state index >= 15 is 0 Å². The summed E-state index contributed by atoms with van der Waals surface area (Å²) in [6.07, 6.45) is 2.95. The van der Waals surface area contributed by atoms with E-state index in [2.05, 4.69) is 15.2 Å². The van der Waals surface area contributed by atoms with Gasteiger partial charge in [-0.1, -0.05) is 12.1 Å². The van der Waals surface area contributed by atoms with Gasteiger partial charge in [-0.15, -0.1) is 10.2 Å². The number of hydrogen-bond acceptors (Lipinski definition) is 4. The lowest BCUT2D eigenvalue weighted by Gasteiger charge is -2.03. The molecule has 19 heavy (non-hydrogen) atoms. The number of aliphatic carboxylic acids is 1. The quantitative estimate of drug-likeness (QED) is 0.768. The third kappa shape index (κ3) is 2.12. The Hall–Kier alpha value is -2.50. The number of carboxylic acids is 1. The number of rotatable bonds is 4. The van der Waals surface area contributed by atoms with E-state index in [9.17, 15) is 4.79 Å². The molecule has 0 saturated carbocycles. The Bertz CT molecular complexity index is 751. The highest BCUT2D eigenvalue weighted by molar-refractivity contribution is 5.77. The summed E-state index contributed by atoms with van der Waals surface area (Å²) in [6, 6.07) is 7.75. The van der Waals surface area contributed by atoms with Gasteiger partial charge in [0.1, 0.15) is 5.82 Å². The van der Waals surface area contributed by atoms with E-state index in [1.54, 1.807) is 6.20 Å². The van der Waals surface area contributed by atoms with Crippen molar-refractivity contribution < 1.29 is 9.90 Å². The minimum Gasteiger partial charge on any atom is -0.481 e. The molecule has 0 bridgehead atoms. The minimum atomic E-state index is -0.791. The first-order valence-electron chi connectivity index (χ1n) is 6.05. The average molecular weight is 256 g/mol. The standard InChI is InChI=1S/C13H12N4O2/c18-13(19)7-3-6-11-15-16-12-8-14-9-4-1-2-5-10(9)17(11)12/h1-2,4-5,8H,3,6-7H2,(H,18,19). The van der Waals surface area contributed by atoms with E-state index in [1.165, 1.54) is 0 Å². The number of nitrogens with zero attached hydrogens (tertiary/aromatic N) is 4. The lowest BCUT2D eigenvalue weighted by atomic mass is 10.2. The molecule has 0 amide bonds. The van der Waals surface area contributed by atoms with Crippen molar-refractivity contribution in [2.24, 2.45) is 0 Å². The molecule has 96 valence electrons. The van der Waals surface area contributed by atoms with Crippen molar-refractivity contribution in [3.63, 3.8) is 0 Å². The van der Waals surface area contributed by atoms with Crippen LogP contribution in [0, 0.1) is 0 Å². The number of hydrogen-bond donors (Lipinski definition) is 1. The van der Waals surface area contributed by atoms with Gasteiger partial charge < -0.3 is 5.11 Å². The second kappa shape index (κ2) is 4.64. The van der Waals surface area contributed by atoms with Crippen LogP contribution in [0.5, 0.6) is 0 Å². The highest BCUT2D eigenvalue weighted by atomic mass is 16.4. The van der Waals surface area contributed by atoms with Gasteiger partial charge in [0.05, 0.1) is 17.2 Å². The highest BCUT2D eigenvalue weighted by Gasteiger charge is 2.09. The maximum atomic E-state index is 10.6. The Kier molecular flexibility index (Phi) is 2.83. The molecule has 0 spiro atoms. The molecule has 0 radical (unpaired) electrons. The van der Waals surface area contributed by atoms with Gasteiger partial charge in [0.15, 0.2) is 5.65 Å². The van der Waals surface area contributed by atoms with Crippen LogP contribution in [0.1, 0.15) is 18.7 Å². The Labute approximate surface area is 108 Å². The predicted octanol–water partition coefficient (Wildman–Crippen LogP) is 1.68. The number of para-hydroxylation sites is 2. The van der Waals surface area contributed by atoms with Crippen molar-refractivity contribution in [1.82, 2.24) is 19.6 Å². The molecular formula is C13H12N4O2. The third-order valence-electron chi connectivity index (χ3n) is 2.99. The lowest BCUT2D eigenvalue weighted by molar-refractivity contribution is -0.137. The fourth-order valence-electron chi connectivity index (χ4n) is 2.13. The van der Waals surface area contributed by atoms with Crippen LogP contribution in [0.2, 0.25) is 0 Å².